The highest BCUT2D eigenvalue weighted by Crippen LogP contribution is 2.21. The Bertz CT molecular complexity index is 946. The molecule has 1 amide bonds. The highest BCUT2D eigenvalue weighted by molar-refractivity contribution is 6.33. The molecule has 3 rings (SSSR count). The summed E-state index contributed by atoms with van der Waals surface area (Å²) in [5.74, 6) is -1.43. The quantitative estimate of drug-likeness (QED) is 0.690. The number of hydrogen-bond acceptors (Lipinski definition) is 4. The van der Waals surface area contributed by atoms with Crippen LogP contribution >= 0.6 is 11.6 Å². The van der Waals surface area contributed by atoms with E-state index < -0.39 is 18.4 Å². The second kappa shape index (κ2) is 7.40. The van der Waals surface area contributed by atoms with Crippen LogP contribution in [-0.4, -0.2) is 36.5 Å². The molecule has 2 heterocycles. The highest BCUT2D eigenvalue weighted by Gasteiger charge is 2.17. The van der Waals surface area contributed by atoms with Crippen molar-refractivity contribution in [1.82, 2.24) is 19.6 Å². The predicted molar refractivity (Wildman–Crippen MR) is 95.3 cm³/mol. The van der Waals surface area contributed by atoms with Crippen LogP contribution in [0.3, 0.4) is 0 Å². The summed E-state index contributed by atoms with van der Waals surface area (Å²) < 4.78 is 2.71. The molecule has 0 bridgehead atoms. The Morgan fingerprint density at radius 3 is 2.65 bits per heavy atom. The van der Waals surface area contributed by atoms with Gasteiger partial charge in [-0.3, -0.25) is 14.3 Å². The predicted octanol–water partition coefficient (Wildman–Crippen LogP) is 2.43. The molecule has 0 aliphatic carbocycles. The van der Waals surface area contributed by atoms with Gasteiger partial charge in [0.05, 0.1) is 6.54 Å². The number of nitrogens with zero attached hydrogens (tertiary/aromatic N) is 4. The van der Waals surface area contributed by atoms with E-state index in [1.807, 2.05) is 31.2 Å². The summed E-state index contributed by atoms with van der Waals surface area (Å²) in [6.45, 7) is 2.11. The molecule has 8 nitrogen and oxygen atoms in total. The molecular weight excluding hydrogens is 358 g/mol. The van der Waals surface area contributed by atoms with Gasteiger partial charge in [0.25, 0.3) is 5.91 Å². The number of carboxylic acids is 1. The summed E-state index contributed by atoms with van der Waals surface area (Å²) >= 11 is 6.15. The molecule has 2 N–H and O–H groups in total. The van der Waals surface area contributed by atoms with Crippen LogP contribution < -0.4 is 5.32 Å². The fourth-order valence-corrected chi connectivity index (χ4v) is 2.59. The Hall–Kier alpha value is -3.13. The standard InChI is InChI=1S/C17H16ClN5O3/c1-11-2-4-12(5-3-11)8-22-9-13(18)16(21-22)20-17(26)14-6-7-19-23(14)10-15(24)25/h2-7,9H,8,10H2,1H3,(H,24,25)(H,20,21,26). The summed E-state index contributed by atoms with van der Waals surface area (Å²) in [4.78, 5) is 23.2. The van der Waals surface area contributed by atoms with Crippen molar-refractivity contribution in [1.29, 1.82) is 0 Å². The number of halogens is 1. The fourth-order valence-electron chi connectivity index (χ4n) is 2.39. The molecule has 0 atom stereocenters. The Labute approximate surface area is 154 Å². The van der Waals surface area contributed by atoms with Crippen LogP contribution in [0.15, 0.2) is 42.7 Å². The Morgan fingerprint density at radius 1 is 1.23 bits per heavy atom. The number of rotatable bonds is 6. The van der Waals surface area contributed by atoms with E-state index in [1.165, 1.54) is 12.3 Å². The van der Waals surface area contributed by atoms with Gasteiger partial charge in [0.2, 0.25) is 0 Å². The number of hydrogen-bond donors (Lipinski definition) is 2. The topological polar surface area (TPSA) is 102 Å². The third kappa shape index (κ3) is 4.09. The molecule has 0 aliphatic rings. The van der Waals surface area contributed by atoms with Crippen LogP contribution in [0.5, 0.6) is 0 Å². The first kappa shape index (κ1) is 17.7. The van der Waals surface area contributed by atoms with Gasteiger partial charge in [0.15, 0.2) is 5.82 Å². The third-order valence-electron chi connectivity index (χ3n) is 3.65. The second-order valence-electron chi connectivity index (χ2n) is 5.73. The summed E-state index contributed by atoms with van der Waals surface area (Å²) in [6, 6.07) is 9.43. The number of amides is 1. The highest BCUT2D eigenvalue weighted by atomic mass is 35.5. The van der Waals surface area contributed by atoms with E-state index in [0.29, 0.717) is 6.54 Å². The van der Waals surface area contributed by atoms with Crippen molar-refractivity contribution in [2.75, 3.05) is 5.32 Å². The van der Waals surface area contributed by atoms with Crippen molar-refractivity contribution in [2.45, 2.75) is 20.0 Å². The van der Waals surface area contributed by atoms with Gasteiger partial charge < -0.3 is 10.4 Å². The molecule has 0 fully saturated rings. The van der Waals surface area contributed by atoms with Crippen molar-refractivity contribution in [3.05, 3.63) is 64.6 Å². The zero-order chi connectivity index (χ0) is 18.7. The number of carboxylic acid groups (broad SMARTS) is 1. The molecule has 2 aromatic heterocycles. The number of carbonyl (C=O) groups excluding carboxylic acids is 1. The lowest BCUT2D eigenvalue weighted by Gasteiger charge is -2.05. The molecule has 3 aromatic rings. The Balaban J connectivity index is 1.73. The summed E-state index contributed by atoms with van der Waals surface area (Å²) in [6.07, 6.45) is 2.97. The average molecular weight is 374 g/mol. The van der Waals surface area contributed by atoms with Crippen LogP contribution in [0.25, 0.3) is 0 Å². The van der Waals surface area contributed by atoms with Gasteiger partial charge >= 0.3 is 5.97 Å². The van der Waals surface area contributed by atoms with Crippen molar-refractivity contribution >= 4 is 29.3 Å². The lowest BCUT2D eigenvalue weighted by molar-refractivity contribution is -0.137. The minimum absolute atomic E-state index is 0.108. The number of nitrogens with one attached hydrogen (secondary N) is 1. The van der Waals surface area contributed by atoms with Crippen LogP contribution in [0, 0.1) is 6.92 Å². The fraction of sp³-hybridized carbons (Fsp3) is 0.176. The Kier molecular flexibility index (Phi) is 5.04. The van der Waals surface area contributed by atoms with E-state index in [0.717, 1.165) is 15.8 Å². The maximum absolute atomic E-state index is 12.4. The lowest BCUT2D eigenvalue weighted by Crippen LogP contribution is -2.21. The molecule has 0 saturated carbocycles. The van der Waals surface area contributed by atoms with Gasteiger partial charge in [-0.25, -0.2) is 4.68 Å². The maximum atomic E-state index is 12.4. The van der Waals surface area contributed by atoms with E-state index in [2.05, 4.69) is 15.5 Å². The summed E-state index contributed by atoms with van der Waals surface area (Å²) in [7, 11) is 0. The SMILES string of the molecule is Cc1ccc(Cn2cc(Cl)c(NC(=O)c3ccnn3CC(=O)O)n2)cc1. The van der Waals surface area contributed by atoms with Crippen LogP contribution in [0.2, 0.25) is 5.02 Å². The van der Waals surface area contributed by atoms with E-state index >= 15 is 0 Å². The minimum Gasteiger partial charge on any atom is -0.480 e. The molecule has 0 radical (unpaired) electrons. The molecule has 0 unspecified atom stereocenters. The molecule has 0 aliphatic heterocycles. The number of aliphatic carboxylic acids is 1. The van der Waals surface area contributed by atoms with Gasteiger partial charge in [-0.05, 0) is 18.6 Å². The number of carbonyl (C=O) groups is 2. The minimum atomic E-state index is -1.09. The average Bonchev–Trinajstić information content (AvgIpc) is 3.16. The second-order valence-corrected chi connectivity index (χ2v) is 6.14. The van der Waals surface area contributed by atoms with Crippen molar-refractivity contribution in [2.24, 2.45) is 0 Å². The molecule has 1 aromatic carbocycles. The van der Waals surface area contributed by atoms with E-state index in [4.69, 9.17) is 16.7 Å². The van der Waals surface area contributed by atoms with Crippen molar-refractivity contribution in [3.8, 4) is 0 Å². The van der Waals surface area contributed by atoms with Crippen LogP contribution in [-0.2, 0) is 17.9 Å². The summed E-state index contributed by atoms with van der Waals surface area (Å²) in [5.41, 5.74) is 2.32. The first-order valence-corrected chi connectivity index (χ1v) is 8.13. The van der Waals surface area contributed by atoms with Crippen molar-refractivity contribution < 1.29 is 14.7 Å². The zero-order valence-electron chi connectivity index (χ0n) is 13.9. The molecule has 9 heteroatoms. The molecule has 0 saturated heterocycles. The third-order valence-corrected chi connectivity index (χ3v) is 3.92. The van der Waals surface area contributed by atoms with Crippen molar-refractivity contribution in [3.63, 3.8) is 0 Å². The van der Waals surface area contributed by atoms with Gasteiger partial charge in [-0.1, -0.05) is 41.4 Å². The largest absolute Gasteiger partial charge is 0.480 e. The normalized spacial score (nSPS) is 10.7. The Morgan fingerprint density at radius 2 is 1.96 bits per heavy atom. The monoisotopic (exact) mass is 373 g/mol. The zero-order valence-corrected chi connectivity index (χ0v) is 14.6. The molecule has 26 heavy (non-hydrogen) atoms. The number of aromatic nitrogens is 4. The number of anilines is 1. The smallest absolute Gasteiger partial charge is 0.325 e. The first-order valence-electron chi connectivity index (χ1n) is 7.76. The van der Waals surface area contributed by atoms with Crippen LogP contribution in [0.4, 0.5) is 5.82 Å². The number of aryl methyl sites for hydroxylation is 1. The van der Waals surface area contributed by atoms with E-state index in [1.54, 1.807) is 10.9 Å². The number of benzene rings is 1. The van der Waals surface area contributed by atoms with E-state index in [-0.39, 0.29) is 16.5 Å². The van der Waals surface area contributed by atoms with Gasteiger partial charge in [-0.2, -0.15) is 10.2 Å². The first-order chi connectivity index (χ1) is 12.4. The van der Waals surface area contributed by atoms with E-state index in [9.17, 15) is 9.59 Å². The molecular formula is C17H16ClN5O3. The lowest BCUT2D eigenvalue weighted by atomic mass is 10.1. The maximum Gasteiger partial charge on any atom is 0.325 e. The van der Waals surface area contributed by atoms with Gasteiger partial charge in [0, 0.05) is 12.4 Å². The molecule has 134 valence electrons. The van der Waals surface area contributed by atoms with Gasteiger partial charge in [0.1, 0.15) is 17.3 Å². The van der Waals surface area contributed by atoms with Crippen LogP contribution in [0.1, 0.15) is 21.6 Å². The molecule has 0 spiro atoms. The van der Waals surface area contributed by atoms with Gasteiger partial charge in [-0.15, -0.1) is 0 Å². The summed E-state index contributed by atoms with van der Waals surface area (Å²) in [5, 5.41) is 19.8.